The Morgan fingerprint density at radius 2 is 1.94 bits per heavy atom. The molecule has 1 atom stereocenters. The highest BCUT2D eigenvalue weighted by atomic mass is 35.5. The van der Waals surface area contributed by atoms with Crippen LogP contribution in [0.4, 0.5) is 11.6 Å². The molecule has 3 N–H and O–H groups in total. The molecule has 11 heteroatoms. The topological polar surface area (TPSA) is 137 Å². The number of nitrogens with one attached hydrogen (secondary N) is 1. The Morgan fingerprint density at radius 1 is 1.19 bits per heavy atom. The smallest absolute Gasteiger partial charge is 0.268 e. The van der Waals surface area contributed by atoms with Gasteiger partial charge in [0.15, 0.2) is 16.8 Å². The van der Waals surface area contributed by atoms with Crippen molar-refractivity contribution in [3.8, 4) is 0 Å². The monoisotopic (exact) mass is 459 g/mol. The molecule has 1 amide bonds. The first-order valence-corrected chi connectivity index (χ1v) is 10.7. The molecule has 0 fully saturated rings. The second kappa shape index (κ2) is 9.03. The number of Topliss-reactive ketones (excluding diaryl/α,β-unsaturated/α-hetero) is 1. The Bertz CT molecular complexity index is 1130. The van der Waals surface area contributed by atoms with Crippen LogP contribution < -0.4 is 11.1 Å². The Morgan fingerprint density at radius 3 is 2.61 bits per heavy atom. The van der Waals surface area contributed by atoms with Crippen molar-refractivity contribution in [1.29, 1.82) is 0 Å². The van der Waals surface area contributed by atoms with Gasteiger partial charge in [0.2, 0.25) is 0 Å². The summed E-state index contributed by atoms with van der Waals surface area (Å²) in [4.78, 5) is 37.5. The summed E-state index contributed by atoms with van der Waals surface area (Å²) in [7, 11) is 0. The van der Waals surface area contributed by atoms with E-state index in [2.05, 4.69) is 30.5 Å². The van der Waals surface area contributed by atoms with E-state index in [1.807, 2.05) is 27.7 Å². The lowest BCUT2D eigenvalue weighted by molar-refractivity contribution is 0.0969. The molecule has 3 aromatic heterocycles. The number of aromatic nitrogens is 5. The minimum Gasteiger partial charge on any atom is -0.384 e. The van der Waals surface area contributed by atoms with Crippen LogP contribution in [0.2, 0.25) is 5.15 Å². The Balaban J connectivity index is 1.69. The van der Waals surface area contributed by atoms with Gasteiger partial charge >= 0.3 is 0 Å². The molecule has 0 aromatic carbocycles. The van der Waals surface area contributed by atoms with E-state index in [1.54, 1.807) is 6.07 Å². The van der Waals surface area contributed by atoms with E-state index < -0.39 is 0 Å². The number of nitrogens with zero attached hydrogens (tertiary/aromatic N) is 5. The van der Waals surface area contributed by atoms with E-state index in [1.165, 1.54) is 29.9 Å². The van der Waals surface area contributed by atoms with Crippen molar-refractivity contribution in [2.75, 3.05) is 11.1 Å². The molecule has 0 aliphatic rings. The number of nitrogens with two attached hydrogens (primary N) is 1. The van der Waals surface area contributed by atoms with Gasteiger partial charge in [-0.05, 0) is 11.5 Å². The SMILES string of the molecule is CC(CC(=O)c1cc(N)ncn1)c1ncc(C(=O)Nc2cc(C(C)(C)C)c(Cl)nn2)s1. The molecule has 0 bridgehead atoms. The van der Waals surface area contributed by atoms with Crippen LogP contribution in [0.3, 0.4) is 0 Å². The minimum atomic E-state index is -0.359. The molecule has 162 valence electrons. The van der Waals surface area contributed by atoms with Gasteiger partial charge in [-0.3, -0.25) is 9.59 Å². The Kier molecular flexibility index (Phi) is 6.61. The number of halogens is 1. The van der Waals surface area contributed by atoms with Gasteiger partial charge in [0.05, 0.1) is 11.2 Å². The van der Waals surface area contributed by atoms with Crippen LogP contribution in [0, 0.1) is 0 Å². The lowest BCUT2D eigenvalue weighted by Crippen LogP contribution is -2.17. The standard InChI is InChI=1S/C20H22ClN7O2S/c1-10(5-13(29)12-7-15(22)25-9-24-12)19-23-8-14(31-19)18(30)26-16-6-11(20(2,3)4)17(21)28-27-16/h6-10H,5H2,1-4H3,(H2,22,24,25)(H,26,27,30). The molecule has 31 heavy (non-hydrogen) atoms. The third-order valence-electron chi connectivity index (χ3n) is 4.43. The predicted molar refractivity (Wildman–Crippen MR) is 120 cm³/mol. The van der Waals surface area contributed by atoms with Crippen LogP contribution in [0.15, 0.2) is 24.7 Å². The van der Waals surface area contributed by atoms with Crippen molar-refractivity contribution in [1.82, 2.24) is 25.1 Å². The van der Waals surface area contributed by atoms with Crippen LogP contribution in [-0.4, -0.2) is 36.8 Å². The van der Waals surface area contributed by atoms with Crippen molar-refractivity contribution in [3.63, 3.8) is 0 Å². The summed E-state index contributed by atoms with van der Waals surface area (Å²) in [6.07, 6.45) is 2.92. The van der Waals surface area contributed by atoms with E-state index in [-0.39, 0.29) is 41.0 Å². The summed E-state index contributed by atoms with van der Waals surface area (Å²) in [5.41, 5.74) is 6.39. The summed E-state index contributed by atoms with van der Waals surface area (Å²) in [6, 6.07) is 3.15. The number of carbonyl (C=O) groups excluding carboxylic acids is 2. The molecule has 0 aliphatic heterocycles. The lowest BCUT2D eigenvalue weighted by Gasteiger charge is -2.20. The van der Waals surface area contributed by atoms with Crippen molar-refractivity contribution < 1.29 is 9.59 Å². The highest BCUT2D eigenvalue weighted by Crippen LogP contribution is 2.30. The molecular formula is C20H22ClN7O2S. The van der Waals surface area contributed by atoms with Crippen LogP contribution in [-0.2, 0) is 5.41 Å². The number of amides is 1. The van der Waals surface area contributed by atoms with Crippen molar-refractivity contribution in [3.05, 3.63) is 51.0 Å². The molecule has 0 radical (unpaired) electrons. The molecule has 0 spiro atoms. The maximum Gasteiger partial charge on any atom is 0.268 e. The highest BCUT2D eigenvalue weighted by Gasteiger charge is 2.22. The average Bonchev–Trinajstić information content (AvgIpc) is 3.19. The average molecular weight is 460 g/mol. The zero-order valence-corrected chi connectivity index (χ0v) is 19.1. The molecule has 3 rings (SSSR count). The van der Waals surface area contributed by atoms with Gasteiger partial charge in [-0.1, -0.05) is 39.3 Å². The second-order valence-electron chi connectivity index (χ2n) is 8.06. The fourth-order valence-electron chi connectivity index (χ4n) is 2.76. The molecule has 3 heterocycles. The third kappa shape index (κ3) is 5.59. The fourth-order valence-corrected chi connectivity index (χ4v) is 4.00. The largest absolute Gasteiger partial charge is 0.384 e. The summed E-state index contributed by atoms with van der Waals surface area (Å²) >= 11 is 7.34. The quantitative estimate of drug-likeness (QED) is 0.529. The van der Waals surface area contributed by atoms with E-state index in [0.29, 0.717) is 20.9 Å². The zero-order valence-electron chi connectivity index (χ0n) is 17.5. The molecular weight excluding hydrogens is 438 g/mol. The van der Waals surface area contributed by atoms with E-state index in [4.69, 9.17) is 17.3 Å². The number of carbonyl (C=O) groups is 2. The summed E-state index contributed by atoms with van der Waals surface area (Å²) in [5, 5.41) is 11.6. The number of anilines is 2. The number of hydrogen-bond acceptors (Lipinski definition) is 9. The number of rotatable bonds is 6. The lowest BCUT2D eigenvalue weighted by atomic mass is 9.88. The van der Waals surface area contributed by atoms with Crippen molar-refractivity contribution >= 4 is 46.3 Å². The summed E-state index contributed by atoms with van der Waals surface area (Å²) in [6.45, 7) is 7.85. The normalized spacial score (nSPS) is 12.4. The van der Waals surface area contributed by atoms with Gasteiger partial charge in [0, 0.05) is 24.0 Å². The Hall–Kier alpha value is -2.98. The van der Waals surface area contributed by atoms with Gasteiger partial charge < -0.3 is 11.1 Å². The maximum absolute atomic E-state index is 12.6. The second-order valence-corrected chi connectivity index (χ2v) is 9.48. The maximum atomic E-state index is 12.6. The molecule has 0 saturated carbocycles. The van der Waals surface area contributed by atoms with Crippen LogP contribution in [0.5, 0.6) is 0 Å². The molecule has 0 aliphatic carbocycles. The fraction of sp³-hybridized carbons (Fsp3) is 0.350. The van der Waals surface area contributed by atoms with Gasteiger partial charge in [-0.15, -0.1) is 21.5 Å². The summed E-state index contributed by atoms with van der Waals surface area (Å²) in [5.74, 6) is -0.188. The molecule has 0 saturated heterocycles. The summed E-state index contributed by atoms with van der Waals surface area (Å²) < 4.78 is 0. The minimum absolute atomic E-state index is 0.172. The molecule has 3 aromatic rings. The number of ketones is 1. The van der Waals surface area contributed by atoms with Crippen molar-refractivity contribution in [2.24, 2.45) is 0 Å². The van der Waals surface area contributed by atoms with Crippen LogP contribution >= 0.6 is 22.9 Å². The molecule has 1 unspecified atom stereocenters. The first-order chi connectivity index (χ1) is 14.5. The first kappa shape index (κ1) is 22.7. The van der Waals surface area contributed by atoms with E-state index >= 15 is 0 Å². The number of hydrogen-bond donors (Lipinski definition) is 2. The first-order valence-electron chi connectivity index (χ1n) is 9.46. The number of nitrogen functional groups attached to an aromatic ring is 1. The van der Waals surface area contributed by atoms with Crippen LogP contribution in [0.1, 0.15) is 70.8 Å². The van der Waals surface area contributed by atoms with Gasteiger partial charge in [-0.25, -0.2) is 15.0 Å². The van der Waals surface area contributed by atoms with E-state index in [9.17, 15) is 9.59 Å². The van der Waals surface area contributed by atoms with Crippen LogP contribution in [0.25, 0.3) is 0 Å². The van der Waals surface area contributed by atoms with Gasteiger partial charge in [0.25, 0.3) is 5.91 Å². The third-order valence-corrected chi connectivity index (χ3v) is 5.94. The molecule has 9 nitrogen and oxygen atoms in total. The van der Waals surface area contributed by atoms with Gasteiger partial charge in [-0.2, -0.15) is 0 Å². The zero-order chi connectivity index (χ0) is 22.8. The Labute approximate surface area is 188 Å². The number of thiazole rings is 1. The van der Waals surface area contributed by atoms with Gasteiger partial charge in [0.1, 0.15) is 22.7 Å². The predicted octanol–water partition coefficient (Wildman–Crippen LogP) is 3.89. The van der Waals surface area contributed by atoms with Crippen molar-refractivity contribution in [2.45, 2.75) is 45.4 Å². The van der Waals surface area contributed by atoms with E-state index in [0.717, 1.165) is 5.56 Å². The highest BCUT2D eigenvalue weighted by molar-refractivity contribution is 7.13.